The van der Waals surface area contributed by atoms with Crippen molar-refractivity contribution < 1.29 is 4.39 Å². The Morgan fingerprint density at radius 2 is 2.25 bits per heavy atom. The van der Waals surface area contributed by atoms with Crippen molar-refractivity contribution in [3.63, 3.8) is 0 Å². The van der Waals surface area contributed by atoms with E-state index in [1.807, 2.05) is 13.0 Å². The molecular formula is C10H10FN3S2. The van der Waals surface area contributed by atoms with Crippen LogP contribution in [0.4, 0.5) is 4.39 Å². The highest BCUT2D eigenvalue weighted by Gasteiger charge is 2.08. The van der Waals surface area contributed by atoms with Gasteiger partial charge in [0.1, 0.15) is 10.8 Å². The second-order valence-electron chi connectivity index (χ2n) is 3.16. The lowest BCUT2D eigenvalue weighted by molar-refractivity contribution is 0.599. The fourth-order valence-corrected chi connectivity index (χ4v) is 2.94. The summed E-state index contributed by atoms with van der Waals surface area (Å²) in [5.41, 5.74) is 6.22. The van der Waals surface area contributed by atoms with Gasteiger partial charge in [-0.3, -0.25) is 0 Å². The summed E-state index contributed by atoms with van der Waals surface area (Å²) in [5.74, 6) is -0.263. The van der Waals surface area contributed by atoms with Crippen LogP contribution in [0.3, 0.4) is 0 Å². The van der Waals surface area contributed by atoms with E-state index in [1.165, 1.54) is 29.2 Å². The molecule has 0 radical (unpaired) electrons. The van der Waals surface area contributed by atoms with E-state index >= 15 is 0 Å². The van der Waals surface area contributed by atoms with Gasteiger partial charge in [0, 0.05) is 6.54 Å². The molecule has 2 aromatic rings. The molecule has 1 aromatic heterocycles. The van der Waals surface area contributed by atoms with Gasteiger partial charge < -0.3 is 5.73 Å². The molecule has 0 aliphatic rings. The summed E-state index contributed by atoms with van der Waals surface area (Å²) >= 11 is 2.73. The van der Waals surface area contributed by atoms with Gasteiger partial charge in [0.2, 0.25) is 0 Å². The Hall–Kier alpha value is -0.980. The molecule has 16 heavy (non-hydrogen) atoms. The van der Waals surface area contributed by atoms with Crippen LogP contribution in [0.5, 0.6) is 0 Å². The van der Waals surface area contributed by atoms with Gasteiger partial charge in [0.05, 0.1) is 4.90 Å². The maximum absolute atomic E-state index is 13.6. The number of aromatic nitrogens is 2. The standard InChI is InChI=1S/C10H10FN3S2/c1-6-13-14-10(15-6)16-9-3-2-7(5-12)4-8(9)11/h2-4H,5,12H2,1H3. The molecule has 3 nitrogen and oxygen atoms in total. The van der Waals surface area contributed by atoms with Crippen LogP contribution in [0.1, 0.15) is 10.6 Å². The van der Waals surface area contributed by atoms with Gasteiger partial charge in [0.15, 0.2) is 4.34 Å². The van der Waals surface area contributed by atoms with E-state index in [4.69, 9.17) is 5.73 Å². The summed E-state index contributed by atoms with van der Waals surface area (Å²) in [7, 11) is 0. The molecule has 0 fully saturated rings. The van der Waals surface area contributed by atoms with Crippen molar-refractivity contribution in [3.05, 3.63) is 34.6 Å². The van der Waals surface area contributed by atoms with E-state index < -0.39 is 0 Å². The van der Waals surface area contributed by atoms with Crippen LogP contribution in [0.15, 0.2) is 27.4 Å². The van der Waals surface area contributed by atoms with Gasteiger partial charge in [-0.1, -0.05) is 29.2 Å². The van der Waals surface area contributed by atoms with Crippen molar-refractivity contribution in [1.29, 1.82) is 0 Å². The highest BCUT2D eigenvalue weighted by Crippen LogP contribution is 2.31. The van der Waals surface area contributed by atoms with Gasteiger partial charge in [-0.05, 0) is 24.6 Å². The van der Waals surface area contributed by atoms with Crippen molar-refractivity contribution in [2.75, 3.05) is 0 Å². The summed E-state index contributed by atoms with van der Waals surface area (Å²) < 4.78 is 14.4. The number of hydrogen-bond donors (Lipinski definition) is 1. The average molecular weight is 255 g/mol. The zero-order valence-electron chi connectivity index (χ0n) is 8.61. The number of rotatable bonds is 3. The van der Waals surface area contributed by atoms with Crippen molar-refractivity contribution in [3.8, 4) is 0 Å². The van der Waals surface area contributed by atoms with Gasteiger partial charge in [-0.15, -0.1) is 10.2 Å². The first kappa shape index (κ1) is 11.5. The van der Waals surface area contributed by atoms with E-state index in [9.17, 15) is 4.39 Å². The SMILES string of the molecule is Cc1nnc(Sc2ccc(CN)cc2F)s1. The third kappa shape index (κ3) is 2.58. The van der Waals surface area contributed by atoms with E-state index in [2.05, 4.69) is 10.2 Å². The Labute approximate surface area is 101 Å². The maximum atomic E-state index is 13.6. The zero-order chi connectivity index (χ0) is 11.5. The first-order valence-corrected chi connectivity index (χ1v) is 6.29. The lowest BCUT2D eigenvalue weighted by Gasteiger charge is -2.01. The lowest BCUT2D eigenvalue weighted by atomic mass is 10.2. The van der Waals surface area contributed by atoms with Gasteiger partial charge in [-0.2, -0.15) is 0 Å². The van der Waals surface area contributed by atoms with Crippen LogP contribution in [0.2, 0.25) is 0 Å². The Morgan fingerprint density at radius 3 is 2.81 bits per heavy atom. The molecule has 0 bridgehead atoms. The number of benzene rings is 1. The number of nitrogens with zero attached hydrogens (tertiary/aromatic N) is 2. The lowest BCUT2D eigenvalue weighted by Crippen LogP contribution is -1.96. The first-order valence-electron chi connectivity index (χ1n) is 4.65. The van der Waals surface area contributed by atoms with Crippen LogP contribution >= 0.6 is 23.1 Å². The fourth-order valence-electron chi connectivity index (χ4n) is 1.17. The van der Waals surface area contributed by atoms with Gasteiger partial charge >= 0.3 is 0 Å². The van der Waals surface area contributed by atoms with E-state index in [-0.39, 0.29) is 5.82 Å². The summed E-state index contributed by atoms with van der Waals surface area (Å²) in [6, 6.07) is 4.99. The third-order valence-corrected chi connectivity index (χ3v) is 3.88. The number of nitrogens with two attached hydrogens (primary N) is 1. The quantitative estimate of drug-likeness (QED) is 0.916. The Bertz CT molecular complexity index is 499. The van der Waals surface area contributed by atoms with Crippen LogP contribution in [-0.4, -0.2) is 10.2 Å². The molecule has 0 unspecified atom stereocenters. The van der Waals surface area contributed by atoms with Gasteiger partial charge in [0.25, 0.3) is 0 Å². The van der Waals surface area contributed by atoms with E-state index in [0.29, 0.717) is 11.4 Å². The highest BCUT2D eigenvalue weighted by atomic mass is 32.2. The number of hydrogen-bond acceptors (Lipinski definition) is 5. The normalized spacial score (nSPS) is 10.7. The minimum absolute atomic E-state index is 0.263. The van der Waals surface area contributed by atoms with Gasteiger partial charge in [-0.25, -0.2) is 4.39 Å². The van der Waals surface area contributed by atoms with E-state index in [1.54, 1.807) is 6.07 Å². The molecule has 0 saturated heterocycles. The molecule has 0 saturated carbocycles. The molecule has 6 heteroatoms. The average Bonchev–Trinajstić information content (AvgIpc) is 2.67. The Balaban J connectivity index is 2.21. The van der Waals surface area contributed by atoms with Crippen LogP contribution in [0.25, 0.3) is 0 Å². The molecule has 0 amide bonds. The minimum Gasteiger partial charge on any atom is -0.326 e. The summed E-state index contributed by atoms with van der Waals surface area (Å²) in [5, 5.41) is 8.69. The maximum Gasteiger partial charge on any atom is 0.179 e. The molecule has 84 valence electrons. The van der Waals surface area contributed by atoms with Crippen molar-refractivity contribution in [1.82, 2.24) is 10.2 Å². The van der Waals surface area contributed by atoms with Crippen molar-refractivity contribution >= 4 is 23.1 Å². The van der Waals surface area contributed by atoms with Crippen LogP contribution in [-0.2, 0) is 6.54 Å². The molecule has 0 spiro atoms. The molecule has 2 N–H and O–H groups in total. The molecule has 1 aromatic carbocycles. The minimum atomic E-state index is -0.263. The Kier molecular flexibility index (Phi) is 3.52. The molecule has 0 atom stereocenters. The molecule has 0 aliphatic heterocycles. The molecule has 0 aliphatic carbocycles. The number of aryl methyl sites for hydroxylation is 1. The topological polar surface area (TPSA) is 51.8 Å². The number of halogens is 1. The summed E-state index contributed by atoms with van der Waals surface area (Å²) in [4.78, 5) is 0.549. The Morgan fingerprint density at radius 1 is 1.44 bits per heavy atom. The first-order chi connectivity index (χ1) is 7.69. The molecular weight excluding hydrogens is 245 g/mol. The largest absolute Gasteiger partial charge is 0.326 e. The van der Waals surface area contributed by atoms with Crippen molar-refractivity contribution in [2.24, 2.45) is 5.73 Å². The predicted molar refractivity (Wildman–Crippen MR) is 63.1 cm³/mol. The molecule has 2 rings (SSSR count). The van der Waals surface area contributed by atoms with Crippen LogP contribution < -0.4 is 5.73 Å². The van der Waals surface area contributed by atoms with Crippen LogP contribution in [0, 0.1) is 12.7 Å². The zero-order valence-corrected chi connectivity index (χ0v) is 10.2. The highest BCUT2D eigenvalue weighted by molar-refractivity contribution is 8.01. The van der Waals surface area contributed by atoms with E-state index in [0.717, 1.165) is 14.9 Å². The summed E-state index contributed by atoms with van der Waals surface area (Å²) in [6.45, 7) is 2.22. The second-order valence-corrected chi connectivity index (χ2v) is 5.63. The monoisotopic (exact) mass is 255 g/mol. The second kappa shape index (κ2) is 4.90. The summed E-state index contributed by atoms with van der Waals surface area (Å²) in [6.07, 6.45) is 0. The smallest absolute Gasteiger partial charge is 0.179 e. The fraction of sp³-hybridized carbons (Fsp3) is 0.200. The predicted octanol–water partition coefficient (Wildman–Crippen LogP) is 2.60. The van der Waals surface area contributed by atoms with Crippen molar-refractivity contribution in [2.45, 2.75) is 22.7 Å². The molecule has 1 heterocycles. The third-order valence-electron chi connectivity index (χ3n) is 1.94.